The van der Waals surface area contributed by atoms with Crippen LogP contribution in [0.1, 0.15) is 10.4 Å². The van der Waals surface area contributed by atoms with Crippen LogP contribution in [0.3, 0.4) is 0 Å². The summed E-state index contributed by atoms with van der Waals surface area (Å²) in [6.07, 6.45) is 0. The maximum absolute atomic E-state index is 12.1. The van der Waals surface area contributed by atoms with E-state index in [0.29, 0.717) is 0 Å². The third kappa shape index (κ3) is 4.34. The van der Waals surface area contributed by atoms with Crippen LogP contribution in [-0.4, -0.2) is 28.3 Å². The van der Waals surface area contributed by atoms with Gasteiger partial charge in [-0.1, -0.05) is 24.3 Å². The minimum atomic E-state index is -1.02. The normalized spacial score (nSPS) is 9.92. The van der Waals surface area contributed by atoms with Crippen molar-refractivity contribution in [2.45, 2.75) is 0 Å². The number of esters is 1. The second kappa shape index (κ2) is 7.64. The van der Waals surface area contributed by atoms with Gasteiger partial charge < -0.3 is 10.1 Å². The van der Waals surface area contributed by atoms with Crippen LogP contribution in [0.25, 0.3) is 0 Å². The molecule has 0 saturated heterocycles. The van der Waals surface area contributed by atoms with Gasteiger partial charge in [0.2, 0.25) is 0 Å². The van der Waals surface area contributed by atoms with Crippen LogP contribution in [0.5, 0.6) is 5.75 Å². The molecule has 10 heteroatoms. The standard InChI is InChI=1S/C15H11N3O7/c19-13(25-10-5-2-1-3-6-10)9-16-15(20)11-7-4-8-12(17(21)22)14(11)18(23)24/h1-8H,9H2,(H,16,20). The fourth-order valence-corrected chi connectivity index (χ4v) is 1.96. The van der Waals surface area contributed by atoms with Crippen molar-refractivity contribution in [2.75, 3.05) is 6.54 Å². The fraction of sp³-hybridized carbons (Fsp3) is 0.0667. The quantitative estimate of drug-likeness (QED) is 0.364. The lowest BCUT2D eigenvalue weighted by Gasteiger charge is -2.06. The minimum Gasteiger partial charge on any atom is -0.425 e. The van der Waals surface area contributed by atoms with Gasteiger partial charge in [0.25, 0.3) is 5.91 Å². The molecule has 2 rings (SSSR count). The number of carbonyl (C=O) groups is 2. The number of rotatable bonds is 6. The summed E-state index contributed by atoms with van der Waals surface area (Å²) in [6.45, 7) is -0.562. The zero-order valence-electron chi connectivity index (χ0n) is 12.6. The maximum Gasteiger partial charge on any atom is 0.358 e. The first-order valence-electron chi connectivity index (χ1n) is 6.86. The molecule has 0 radical (unpaired) electrons. The van der Waals surface area contributed by atoms with E-state index in [1.807, 2.05) is 0 Å². The number of nitrogens with zero attached hydrogens (tertiary/aromatic N) is 2. The highest BCUT2D eigenvalue weighted by atomic mass is 16.6. The largest absolute Gasteiger partial charge is 0.425 e. The molecule has 25 heavy (non-hydrogen) atoms. The zero-order valence-corrected chi connectivity index (χ0v) is 12.6. The lowest BCUT2D eigenvalue weighted by atomic mass is 10.1. The summed E-state index contributed by atoms with van der Waals surface area (Å²) < 4.78 is 4.94. The van der Waals surface area contributed by atoms with E-state index in [4.69, 9.17) is 4.74 Å². The molecule has 0 spiro atoms. The molecular formula is C15H11N3O7. The molecule has 2 aromatic carbocycles. The van der Waals surface area contributed by atoms with Crippen LogP contribution >= 0.6 is 0 Å². The molecule has 2 aromatic rings. The summed E-state index contributed by atoms with van der Waals surface area (Å²) in [5.74, 6) is -1.53. The highest BCUT2D eigenvalue weighted by Gasteiger charge is 2.31. The number of nitro groups is 2. The lowest BCUT2D eigenvalue weighted by molar-refractivity contribution is -0.422. The molecule has 0 aliphatic rings. The fourth-order valence-electron chi connectivity index (χ4n) is 1.96. The summed E-state index contributed by atoms with van der Waals surface area (Å²) in [6, 6.07) is 11.2. The Balaban J connectivity index is 2.11. The van der Waals surface area contributed by atoms with Crippen molar-refractivity contribution in [1.29, 1.82) is 0 Å². The molecule has 0 atom stereocenters. The van der Waals surface area contributed by atoms with Gasteiger partial charge in [0, 0.05) is 6.07 Å². The summed E-state index contributed by atoms with van der Waals surface area (Å²) in [7, 11) is 0. The van der Waals surface area contributed by atoms with E-state index in [2.05, 4.69) is 5.32 Å². The Hall–Kier alpha value is -3.82. The summed E-state index contributed by atoms with van der Waals surface area (Å²) >= 11 is 0. The Morgan fingerprint density at radius 3 is 2.24 bits per heavy atom. The van der Waals surface area contributed by atoms with Gasteiger partial charge in [-0.3, -0.25) is 25.0 Å². The third-order valence-electron chi connectivity index (χ3n) is 3.01. The molecule has 1 amide bonds. The van der Waals surface area contributed by atoms with Crippen molar-refractivity contribution in [3.05, 3.63) is 74.3 Å². The molecule has 1 N–H and O–H groups in total. The van der Waals surface area contributed by atoms with Crippen LogP contribution in [0, 0.1) is 20.2 Å². The number of hydrogen-bond donors (Lipinski definition) is 1. The van der Waals surface area contributed by atoms with Gasteiger partial charge in [-0.05, 0) is 18.2 Å². The van der Waals surface area contributed by atoms with E-state index >= 15 is 0 Å². The SMILES string of the molecule is O=C(CNC(=O)c1cccc([N+](=O)[O-])c1[N+](=O)[O-])Oc1ccccc1. The van der Waals surface area contributed by atoms with Crippen molar-refractivity contribution in [3.63, 3.8) is 0 Å². The van der Waals surface area contributed by atoms with Gasteiger partial charge in [0.15, 0.2) is 0 Å². The van der Waals surface area contributed by atoms with Gasteiger partial charge in [-0.2, -0.15) is 0 Å². The molecular weight excluding hydrogens is 334 g/mol. The Kier molecular flexibility index (Phi) is 5.36. The van der Waals surface area contributed by atoms with Gasteiger partial charge in [-0.25, -0.2) is 4.79 Å². The molecule has 0 fully saturated rings. The van der Waals surface area contributed by atoms with Gasteiger partial charge >= 0.3 is 17.3 Å². The van der Waals surface area contributed by atoms with Crippen LogP contribution in [0.2, 0.25) is 0 Å². The Morgan fingerprint density at radius 2 is 1.64 bits per heavy atom. The highest BCUT2D eigenvalue weighted by Crippen LogP contribution is 2.30. The number of benzene rings is 2. The van der Waals surface area contributed by atoms with E-state index < -0.39 is 45.2 Å². The predicted octanol–water partition coefficient (Wildman–Crippen LogP) is 1.84. The molecule has 0 aromatic heterocycles. The van der Waals surface area contributed by atoms with Crippen LogP contribution < -0.4 is 10.1 Å². The lowest BCUT2D eigenvalue weighted by Crippen LogP contribution is -2.32. The first-order valence-corrected chi connectivity index (χ1v) is 6.86. The van der Waals surface area contributed by atoms with E-state index in [1.165, 1.54) is 12.1 Å². The topological polar surface area (TPSA) is 142 Å². The predicted molar refractivity (Wildman–Crippen MR) is 84.2 cm³/mol. The van der Waals surface area contributed by atoms with Crippen LogP contribution in [0.15, 0.2) is 48.5 Å². The second-order valence-corrected chi connectivity index (χ2v) is 4.66. The molecule has 10 nitrogen and oxygen atoms in total. The first kappa shape index (κ1) is 17.5. The molecule has 0 bridgehead atoms. The molecule has 128 valence electrons. The smallest absolute Gasteiger partial charge is 0.358 e. The van der Waals surface area contributed by atoms with Crippen molar-refractivity contribution >= 4 is 23.3 Å². The van der Waals surface area contributed by atoms with Gasteiger partial charge in [0.05, 0.1) is 9.85 Å². The molecule has 0 aliphatic heterocycles. The van der Waals surface area contributed by atoms with Crippen molar-refractivity contribution < 1.29 is 24.2 Å². The zero-order chi connectivity index (χ0) is 18.4. The third-order valence-corrected chi connectivity index (χ3v) is 3.01. The van der Waals surface area contributed by atoms with Crippen molar-refractivity contribution in [2.24, 2.45) is 0 Å². The summed E-state index contributed by atoms with van der Waals surface area (Å²) in [5.41, 5.74) is -2.28. The monoisotopic (exact) mass is 345 g/mol. The van der Waals surface area contributed by atoms with Crippen molar-refractivity contribution in [1.82, 2.24) is 5.32 Å². The average molecular weight is 345 g/mol. The maximum atomic E-state index is 12.1. The first-order chi connectivity index (χ1) is 11.9. The van der Waals surface area contributed by atoms with Gasteiger partial charge in [0.1, 0.15) is 17.9 Å². The Bertz CT molecular complexity index is 836. The summed E-state index contributed by atoms with van der Waals surface area (Å²) in [4.78, 5) is 43.7. The van der Waals surface area contributed by atoms with Crippen LogP contribution in [0.4, 0.5) is 11.4 Å². The Labute approximate surface area is 140 Å². The number of nitro benzene ring substituents is 2. The summed E-state index contributed by atoms with van der Waals surface area (Å²) in [5, 5.41) is 24.1. The van der Waals surface area contributed by atoms with Crippen molar-refractivity contribution in [3.8, 4) is 5.75 Å². The number of amides is 1. The highest BCUT2D eigenvalue weighted by molar-refractivity contribution is 6.01. The van der Waals surface area contributed by atoms with E-state index in [-0.39, 0.29) is 5.75 Å². The number of hydrogen-bond acceptors (Lipinski definition) is 7. The number of carbonyl (C=O) groups excluding carboxylic acids is 2. The Morgan fingerprint density at radius 1 is 0.960 bits per heavy atom. The van der Waals surface area contributed by atoms with Gasteiger partial charge in [-0.15, -0.1) is 0 Å². The molecule has 0 aliphatic carbocycles. The van der Waals surface area contributed by atoms with Crippen LogP contribution in [-0.2, 0) is 4.79 Å². The number of ether oxygens (including phenoxy) is 1. The number of nitrogens with one attached hydrogen (secondary N) is 1. The van der Waals surface area contributed by atoms with E-state index in [9.17, 15) is 29.8 Å². The molecule has 0 unspecified atom stereocenters. The molecule has 0 saturated carbocycles. The minimum absolute atomic E-state index is 0.267. The van der Waals surface area contributed by atoms with E-state index in [0.717, 1.165) is 18.2 Å². The second-order valence-electron chi connectivity index (χ2n) is 4.66. The average Bonchev–Trinajstić information content (AvgIpc) is 2.59. The molecule has 0 heterocycles. The van der Waals surface area contributed by atoms with E-state index in [1.54, 1.807) is 18.2 Å². The number of para-hydroxylation sites is 2.